The van der Waals surface area contributed by atoms with Crippen LogP contribution in [0.1, 0.15) is 28.4 Å². The van der Waals surface area contributed by atoms with Gasteiger partial charge >= 0.3 is 0 Å². The second kappa shape index (κ2) is 9.29. The van der Waals surface area contributed by atoms with Gasteiger partial charge < -0.3 is 9.47 Å². The summed E-state index contributed by atoms with van der Waals surface area (Å²) in [6.07, 6.45) is 1.56. The Hall–Kier alpha value is -3.57. The van der Waals surface area contributed by atoms with E-state index in [-0.39, 0.29) is 17.2 Å². The summed E-state index contributed by atoms with van der Waals surface area (Å²) in [6, 6.07) is 13.2. The lowest BCUT2D eigenvalue weighted by Gasteiger charge is -2.12. The van der Waals surface area contributed by atoms with Crippen molar-refractivity contribution in [2.75, 3.05) is 20.3 Å². The molecule has 2 amide bonds. The molecule has 0 unspecified atom stereocenters. The molecule has 8 heteroatoms. The first-order valence-corrected chi connectivity index (χ1v) is 9.88. The van der Waals surface area contributed by atoms with Gasteiger partial charge in [-0.05, 0) is 55.1 Å². The number of rotatable bonds is 7. The predicted molar refractivity (Wildman–Crippen MR) is 112 cm³/mol. The molecule has 1 fully saturated rings. The largest absolute Gasteiger partial charge is 0.497 e. The van der Waals surface area contributed by atoms with Crippen molar-refractivity contribution in [3.8, 4) is 17.6 Å². The van der Waals surface area contributed by atoms with E-state index in [0.717, 1.165) is 16.7 Å². The van der Waals surface area contributed by atoms with Crippen LogP contribution >= 0.6 is 11.8 Å². The molecule has 0 N–H and O–H groups in total. The van der Waals surface area contributed by atoms with Gasteiger partial charge in [0.25, 0.3) is 11.1 Å². The van der Waals surface area contributed by atoms with Gasteiger partial charge in [0.2, 0.25) is 0 Å². The van der Waals surface area contributed by atoms with E-state index in [1.807, 2.05) is 13.0 Å². The van der Waals surface area contributed by atoms with Crippen LogP contribution in [-0.2, 0) is 4.79 Å². The van der Waals surface area contributed by atoms with E-state index in [1.165, 1.54) is 31.4 Å². The zero-order valence-electron chi connectivity index (χ0n) is 16.4. The topological polar surface area (TPSA) is 96.7 Å². The van der Waals surface area contributed by atoms with Gasteiger partial charge in [0, 0.05) is 11.1 Å². The summed E-state index contributed by atoms with van der Waals surface area (Å²) in [6.45, 7) is 1.91. The van der Waals surface area contributed by atoms with Crippen molar-refractivity contribution in [2.24, 2.45) is 0 Å². The first kappa shape index (κ1) is 21.1. The molecule has 1 aliphatic rings. The van der Waals surface area contributed by atoms with Crippen molar-refractivity contribution in [2.45, 2.75) is 6.92 Å². The quantitative estimate of drug-likeness (QED) is 0.493. The minimum atomic E-state index is -0.544. The van der Waals surface area contributed by atoms with Crippen molar-refractivity contribution < 1.29 is 23.9 Å². The average Bonchev–Trinajstić information content (AvgIpc) is 3.02. The number of carbonyl (C=O) groups is 3. The molecule has 2 aromatic carbocycles. The first-order chi connectivity index (χ1) is 14.5. The third kappa shape index (κ3) is 4.53. The van der Waals surface area contributed by atoms with Crippen molar-refractivity contribution in [1.29, 1.82) is 5.26 Å². The molecule has 0 spiro atoms. The number of hydrogen-bond acceptors (Lipinski definition) is 7. The van der Waals surface area contributed by atoms with E-state index in [2.05, 4.69) is 0 Å². The van der Waals surface area contributed by atoms with Gasteiger partial charge in [0.05, 0.1) is 36.8 Å². The summed E-state index contributed by atoms with van der Waals surface area (Å²) < 4.78 is 10.8. The second-order valence-corrected chi connectivity index (χ2v) is 7.21. The summed E-state index contributed by atoms with van der Waals surface area (Å²) >= 11 is 0.767. The maximum absolute atomic E-state index is 12.8. The number of carbonyl (C=O) groups excluding carboxylic acids is 3. The predicted octanol–water partition coefficient (Wildman–Crippen LogP) is 3.88. The molecule has 0 radical (unpaired) electrons. The van der Waals surface area contributed by atoms with Gasteiger partial charge in [0.15, 0.2) is 5.78 Å². The van der Waals surface area contributed by atoms with Crippen LogP contribution in [0.3, 0.4) is 0 Å². The normalized spacial score (nSPS) is 14.7. The Morgan fingerprint density at radius 2 is 1.93 bits per heavy atom. The first-order valence-electron chi connectivity index (χ1n) is 9.06. The monoisotopic (exact) mass is 422 g/mol. The number of ketones is 1. The molecular weight excluding hydrogens is 404 g/mol. The molecule has 0 bridgehead atoms. The number of Topliss-reactive ketones (excluding diaryl/α,β-unsaturated/α-hetero) is 1. The Balaban J connectivity index is 1.82. The molecule has 1 saturated heterocycles. The van der Waals surface area contributed by atoms with Crippen LogP contribution in [0.25, 0.3) is 6.08 Å². The zero-order valence-corrected chi connectivity index (χ0v) is 17.2. The van der Waals surface area contributed by atoms with Gasteiger partial charge in [-0.2, -0.15) is 5.26 Å². The Bertz CT molecular complexity index is 1070. The van der Waals surface area contributed by atoms with Crippen LogP contribution in [-0.4, -0.2) is 42.1 Å². The highest BCUT2D eigenvalue weighted by atomic mass is 32.2. The zero-order chi connectivity index (χ0) is 21.7. The molecule has 0 atom stereocenters. The number of benzene rings is 2. The van der Waals surface area contributed by atoms with Crippen molar-refractivity contribution in [3.63, 3.8) is 0 Å². The second-order valence-electron chi connectivity index (χ2n) is 6.22. The minimum absolute atomic E-state index is 0.196. The maximum atomic E-state index is 12.8. The fraction of sp³-hybridized carbons (Fsp3) is 0.182. The van der Waals surface area contributed by atoms with Gasteiger partial charge in [0.1, 0.15) is 11.5 Å². The van der Waals surface area contributed by atoms with Crippen molar-refractivity contribution >= 4 is 34.8 Å². The van der Waals surface area contributed by atoms with Gasteiger partial charge in [-0.1, -0.05) is 12.1 Å². The Morgan fingerprint density at radius 3 is 2.57 bits per heavy atom. The fourth-order valence-electron chi connectivity index (χ4n) is 2.80. The average molecular weight is 422 g/mol. The maximum Gasteiger partial charge on any atom is 0.293 e. The molecular formula is C22H18N2O5S. The van der Waals surface area contributed by atoms with Gasteiger partial charge in [-0.3, -0.25) is 19.3 Å². The molecule has 0 saturated carbocycles. The lowest BCUT2D eigenvalue weighted by molar-refractivity contribution is -0.122. The number of nitriles is 1. The lowest BCUT2D eigenvalue weighted by atomic mass is 10.1. The van der Waals surface area contributed by atoms with E-state index < -0.39 is 11.1 Å². The minimum Gasteiger partial charge on any atom is -0.497 e. The molecule has 0 aromatic heterocycles. The number of hydrogen-bond donors (Lipinski definition) is 0. The van der Waals surface area contributed by atoms with Gasteiger partial charge in [-0.15, -0.1) is 0 Å². The van der Waals surface area contributed by atoms with E-state index >= 15 is 0 Å². The molecule has 1 heterocycles. The Morgan fingerprint density at radius 1 is 1.20 bits per heavy atom. The molecule has 3 rings (SSSR count). The lowest BCUT2D eigenvalue weighted by Crippen LogP contribution is -2.33. The number of imide groups is 1. The highest BCUT2D eigenvalue weighted by molar-refractivity contribution is 8.18. The number of ether oxygens (including phenoxy) is 2. The summed E-state index contributed by atoms with van der Waals surface area (Å²) in [5.74, 6) is 0.204. The molecule has 0 aliphatic carbocycles. The van der Waals surface area contributed by atoms with E-state index in [9.17, 15) is 14.4 Å². The number of amides is 2. The van der Waals surface area contributed by atoms with Crippen LogP contribution in [0.15, 0.2) is 47.4 Å². The number of thioether (sulfide) groups is 1. The summed E-state index contributed by atoms with van der Waals surface area (Å²) in [5.41, 5.74) is 1.34. The van der Waals surface area contributed by atoms with Crippen molar-refractivity contribution in [1.82, 2.24) is 4.90 Å². The third-order valence-electron chi connectivity index (χ3n) is 4.31. The highest BCUT2D eigenvalue weighted by Gasteiger charge is 2.36. The van der Waals surface area contributed by atoms with Crippen LogP contribution in [0.4, 0.5) is 4.79 Å². The van der Waals surface area contributed by atoms with E-state index in [0.29, 0.717) is 34.8 Å². The van der Waals surface area contributed by atoms with E-state index in [1.54, 1.807) is 24.3 Å². The van der Waals surface area contributed by atoms with Crippen LogP contribution < -0.4 is 9.47 Å². The van der Waals surface area contributed by atoms with Crippen LogP contribution in [0.2, 0.25) is 0 Å². The summed E-state index contributed by atoms with van der Waals surface area (Å²) in [7, 11) is 1.53. The summed E-state index contributed by atoms with van der Waals surface area (Å²) in [5, 5.41) is 8.33. The molecule has 152 valence electrons. The molecule has 1 aliphatic heterocycles. The van der Waals surface area contributed by atoms with Crippen molar-refractivity contribution in [3.05, 3.63) is 64.1 Å². The SMILES string of the molecule is CCOc1ccc(OC)cc1C=C1SC(=O)N(CC(=O)c2ccc(C#N)cc2)C1=O. The molecule has 2 aromatic rings. The smallest absolute Gasteiger partial charge is 0.293 e. The standard InChI is InChI=1S/C22H18N2O5S/c1-3-29-19-9-8-17(28-2)10-16(19)11-20-21(26)24(22(27)30-20)13-18(25)15-6-4-14(12-23)5-7-15/h4-11H,3,13H2,1-2H3. The summed E-state index contributed by atoms with van der Waals surface area (Å²) in [4.78, 5) is 38.7. The Kier molecular flexibility index (Phi) is 6.54. The number of methoxy groups -OCH3 is 1. The molecule has 30 heavy (non-hydrogen) atoms. The van der Waals surface area contributed by atoms with Gasteiger partial charge in [-0.25, -0.2) is 0 Å². The Labute approximate surface area is 177 Å². The number of nitrogens with zero attached hydrogens (tertiary/aromatic N) is 2. The molecule has 7 nitrogen and oxygen atoms in total. The highest BCUT2D eigenvalue weighted by Crippen LogP contribution is 2.35. The van der Waals surface area contributed by atoms with Crippen LogP contribution in [0, 0.1) is 11.3 Å². The van der Waals surface area contributed by atoms with E-state index in [4.69, 9.17) is 14.7 Å². The van der Waals surface area contributed by atoms with Crippen LogP contribution in [0.5, 0.6) is 11.5 Å². The third-order valence-corrected chi connectivity index (χ3v) is 5.22. The fourth-order valence-corrected chi connectivity index (χ4v) is 3.63.